The van der Waals surface area contributed by atoms with Gasteiger partial charge in [-0.15, -0.1) is 11.8 Å². The van der Waals surface area contributed by atoms with Gasteiger partial charge in [-0.05, 0) is 73.2 Å². The molecule has 0 aliphatic heterocycles. The normalized spacial score (nSPS) is 11.6. The van der Waals surface area contributed by atoms with Crippen LogP contribution in [0.1, 0.15) is 28.1 Å². The molecule has 9 heteroatoms. The van der Waals surface area contributed by atoms with Crippen LogP contribution < -0.4 is 20.1 Å². The SMILES string of the molecule is CCOc1ccc2nc(NC(=O)C(Sc3cccc(NC(=O)c4ccc(OC)cc4)c3)c3ccccc3)sc2c1. The smallest absolute Gasteiger partial charge is 0.255 e. The molecule has 202 valence electrons. The van der Waals surface area contributed by atoms with Crippen molar-refractivity contribution in [3.63, 3.8) is 0 Å². The van der Waals surface area contributed by atoms with Gasteiger partial charge in [0, 0.05) is 16.1 Å². The Bertz CT molecular complexity index is 1620. The van der Waals surface area contributed by atoms with Crippen molar-refractivity contribution in [1.82, 2.24) is 4.98 Å². The van der Waals surface area contributed by atoms with Crippen molar-refractivity contribution in [2.24, 2.45) is 0 Å². The van der Waals surface area contributed by atoms with Crippen molar-refractivity contribution in [2.75, 3.05) is 24.4 Å². The molecular weight excluding hydrogens is 542 g/mol. The summed E-state index contributed by atoms with van der Waals surface area (Å²) in [6, 6.07) is 29.7. The van der Waals surface area contributed by atoms with Crippen LogP contribution in [0.4, 0.5) is 10.8 Å². The van der Waals surface area contributed by atoms with Crippen LogP contribution in [0.15, 0.2) is 102 Å². The molecule has 1 unspecified atom stereocenters. The summed E-state index contributed by atoms with van der Waals surface area (Å²) in [5.74, 6) is 1.04. The van der Waals surface area contributed by atoms with E-state index in [0.29, 0.717) is 28.7 Å². The second-order valence-corrected chi connectivity index (χ2v) is 10.9. The standard InChI is InChI=1S/C31H27N3O4S2/c1-3-38-24-16-17-26-27(19-24)40-31(33-26)34-30(36)28(20-8-5-4-6-9-20)39-25-11-7-10-22(18-25)32-29(35)21-12-14-23(37-2)15-13-21/h4-19,28H,3H2,1-2H3,(H,32,35)(H,33,34,36). The summed E-state index contributed by atoms with van der Waals surface area (Å²) in [4.78, 5) is 31.8. The number of nitrogens with zero attached hydrogens (tertiary/aromatic N) is 1. The lowest BCUT2D eigenvalue weighted by Gasteiger charge is -2.17. The maximum atomic E-state index is 13.6. The van der Waals surface area contributed by atoms with E-state index in [-0.39, 0.29) is 11.8 Å². The van der Waals surface area contributed by atoms with Gasteiger partial charge in [0.1, 0.15) is 16.7 Å². The monoisotopic (exact) mass is 569 g/mol. The molecule has 0 saturated carbocycles. The topological polar surface area (TPSA) is 89.5 Å². The fourth-order valence-electron chi connectivity index (χ4n) is 4.02. The Kier molecular flexibility index (Phi) is 8.63. The molecule has 0 bridgehead atoms. The highest BCUT2D eigenvalue weighted by Crippen LogP contribution is 2.38. The molecule has 40 heavy (non-hydrogen) atoms. The number of anilines is 2. The van der Waals surface area contributed by atoms with Gasteiger partial charge in [0.2, 0.25) is 5.91 Å². The molecule has 4 aromatic carbocycles. The quantitative estimate of drug-likeness (QED) is 0.170. The number of carbonyl (C=O) groups excluding carboxylic acids is 2. The van der Waals surface area contributed by atoms with E-state index < -0.39 is 5.25 Å². The fourth-order valence-corrected chi connectivity index (χ4v) is 6.00. The minimum absolute atomic E-state index is 0.187. The summed E-state index contributed by atoms with van der Waals surface area (Å²) < 4.78 is 11.7. The van der Waals surface area contributed by atoms with Crippen molar-refractivity contribution in [1.29, 1.82) is 0 Å². The molecule has 1 atom stereocenters. The third kappa shape index (κ3) is 6.62. The number of ether oxygens (including phenoxy) is 2. The predicted molar refractivity (Wildman–Crippen MR) is 162 cm³/mol. The van der Waals surface area contributed by atoms with Gasteiger partial charge < -0.3 is 20.1 Å². The number of carbonyl (C=O) groups is 2. The van der Waals surface area contributed by atoms with Crippen LogP contribution in [0.3, 0.4) is 0 Å². The lowest BCUT2D eigenvalue weighted by molar-refractivity contribution is -0.115. The first kappa shape index (κ1) is 27.2. The van der Waals surface area contributed by atoms with Crippen LogP contribution in [0.25, 0.3) is 10.2 Å². The molecule has 0 aliphatic carbocycles. The zero-order chi connectivity index (χ0) is 27.9. The maximum Gasteiger partial charge on any atom is 0.255 e. The van der Waals surface area contributed by atoms with Crippen LogP contribution in [0.5, 0.6) is 11.5 Å². The maximum absolute atomic E-state index is 13.6. The van der Waals surface area contributed by atoms with Crippen molar-refractivity contribution in [3.05, 3.63) is 108 Å². The van der Waals surface area contributed by atoms with Gasteiger partial charge in [-0.3, -0.25) is 9.59 Å². The summed E-state index contributed by atoms with van der Waals surface area (Å²) >= 11 is 2.81. The lowest BCUT2D eigenvalue weighted by Crippen LogP contribution is -2.19. The molecule has 2 amide bonds. The highest BCUT2D eigenvalue weighted by Gasteiger charge is 2.23. The second-order valence-electron chi connectivity index (χ2n) is 8.69. The van der Waals surface area contributed by atoms with Crippen LogP contribution in [-0.4, -0.2) is 30.5 Å². The van der Waals surface area contributed by atoms with Gasteiger partial charge in [0.05, 0.1) is 23.9 Å². The van der Waals surface area contributed by atoms with Gasteiger partial charge in [-0.2, -0.15) is 0 Å². The number of amides is 2. The average Bonchev–Trinajstić information content (AvgIpc) is 3.38. The Hall–Kier alpha value is -4.34. The first-order chi connectivity index (χ1) is 19.5. The second kappa shape index (κ2) is 12.7. The van der Waals surface area contributed by atoms with Crippen molar-refractivity contribution < 1.29 is 19.1 Å². The summed E-state index contributed by atoms with van der Waals surface area (Å²) in [5, 5.41) is 5.92. The highest BCUT2D eigenvalue weighted by atomic mass is 32.2. The van der Waals surface area contributed by atoms with Crippen molar-refractivity contribution >= 4 is 55.9 Å². The van der Waals surface area contributed by atoms with Crippen LogP contribution in [0.2, 0.25) is 0 Å². The largest absolute Gasteiger partial charge is 0.497 e. The minimum atomic E-state index is -0.542. The first-order valence-electron chi connectivity index (χ1n) is 12.6. The number of thioether (sulfide) groups is 1. The van der Waals surface area contributed by atoms with Gasteiger partial charge in [0.25, 0.3) is 5.91 Å². The molecule has 1 aromatic heterocycles. The molecule has 0 radical (unpaired) electrons. The lowest BCUT2D eigenvalue weighted by atomic mass is 10.1. The predicted octanol–water partition coefficient (Wildman–Crippen LogP) is 7.43. The Morgan fingerprint density at radius 2 is 1.68 bits per heavy atom. The number of fused-ring (bicyclic) bond motifs is 1. The van der Waals surface area contributed by atoms with Gasteiger partial charge in [-0.25, -0.2) is 4.98 Å². The fraction of sp³-hybridized carbons (Fsp3) is 0.129. The molecule has 5 rings (SSSR count). The van der Waals surface area contributed by atoms with E-state index in [1.807, 2.05) is 79.7 Å². The summed E-state index contributed by atoms with van der Waals surface area (Å²) in [6.07, 6.45) is 0. The minimum Gasteiger partial charge on any atom is -0.497 e. The number of aromatic nitrogens is 1. The molecule has 1 heterocycles. The van der Waals surface area contributed by atoms with E-state index in [0.717, 1.165) is 26.4 Å². The molecule has 2 N–H and O–H groups in total. The molecule has 0 saturated heterocycles. The number of benzene rings is 4. The van der Waals surface area contributed by atoms with E-state index in [1.54, 1.807) is 31.4 Å². The zero-order valence-corrected chi connectivity index (χ0v) is 23.6. The number of nitrogens with one attached hydrogen (secondary N) is 2. The van der Waals surface area contributed by atoms with Crippen molar-refractivity contribution in [3.8, 4) is 11.5 Å². The molecule has 7 nitrogen and oxygen atoms in total. The van der Waals surface area contributed by atoms with E-state index in [2.05, 4.69) is 15.6 Å². The number of thiazole rings is 1. The number of methoxy groups -OCH3 is 1. The van der Waals surface area contributed by atoms with E-state index >= 15 is 0 Å². The van der Waals surface area contributed by atoms with E-state index in [4.69, 9.17) is 9.47 Å². The molecule has 0 aliphatic rings. The van der Waals surface area contributed by atoms with Gasteiger partial charge in [0.15, 0.2) is 5.13 Å². The van der Waals surface area contributed by atoms with Crippen LogP contribution >= 0.6 is 23.1 Å². The Morgan fingerprint density at radius 3 is 2.42 bits per heavy atom. The highest BCUT2D eigenvalue weighted by molar-refractivity contribution is 8.00. The third-order valence-corrected chi connectivity index (χ3v) is 8.12. The van der Waals surface area contributed by atoms with E-state index in [1.165, 1.54) is 23.1 Å². The van der Waals surface area contributed by atoms with E-state index in [9.17, 15) is 9.59 Å². The Morgan fingerprint density at radius 1 is 0.900 bits per heavy atom. The zero-order valence-electron chi connectivity index (χ0n) is 21.9. The molecule has 0 spiro atoms. The number of hydrogen-bond acceptors (Lipinski definition) is 7. The number of rotatable bonds is 10. The summed E-state index contributed by atoms with van der Waals surface area (Å²) in [7, 11) is 1.58. The summed E-state index contributed by atoms with van der Waals surface area (Å²) in [6.45, 7) is 2.52. The van der Waals surface area contributed by atoms with Crippen LogP contribution in [0, 0.1) is 0 Å². The average molecular weight is 570 g/mol. The molecule has 0 fully saturated rings. The first-order valence-corrected chi connectivity index (χ1v) is 14.3. The molecule has 5 aromatic rings. The third-order valence-electron chi connectivity index (χ3n) is 5.94. The summed E-state index contributed by atoms with van der Waals surface area (Å²) in [5.41, 5.74) is 2.81. The van der Waals surface area contributed by atoms with Gasteiger partial charge in [-0.1, -0.05) is 47.7 Å². The van der Waals surface area contributed by atoms with Gasteiger partial charge >= 0.3 is 0 Å². The molecular formula is C31H27N3O4S2. The van der Waals surface area contributed by atoms with Crippen molar-refractivity contribution in [2.45, 2.75) is 17.1 Å². The van der Waals surface area contributed by atoms with Crippen LogP contribution in [-0.2, 0) is 4.79 Å². The Balaban J connectivity index is 1.34. The number of hydrogen-bond donors (Lipinski definition) is 2. The Labute approximate surface area is 240 Å².